The minimum absolute atomic E-state index is 0.194. The van der Waals surface area contributed by atoms with Gasteiger partial charge in [-0.3, -0.25) is 4.99 Å². The molecule has 0 aliphatic heterocycles. The highest BCUT2D eigenvalue weighted by Gasteiger charge is 2.11. The maximum Gasteiger partial charge on any atom is 0.337 e. The Kier molecular flexibility index (Phi) is 4.05. The van der Waals surface area contributed by atoms with Crippen LogP contribution in [0.4, 0.5) is 11.4 Å². The van der Waals surface area contributed by atoms with Crippen molar-refractivity contribution in [2.45, 2.75) is 13.8 Å². The first-order chi connectivity index (χ1) is 7.63. The number of nitrogens with zero attached hydrogens (tertiary/aromatic N) is 2. The maximum atomic E-state index is 11.0. The summed E-state index contributed by atoms with van der Waals surface area (Å²) in [4.78, 5) is 16.8. The van der Waals surface area contributed by atoms with Crippen LogP contribution in [0.3, 0.4) is 0 Å². The number of hydrogen-bond acceptors (Lipinski definition) is 3. The Morgan fingerprint density at radius 1 is 1.44 bits per heavy atom. The van der Waals surface area contributed by atoms with Gasteiger partial charge in [-0.15, -0.1) is 0 Å². The quantitative estimate of drug-likeness (QED) is 0.776. The fraction of sp³-hybridized carbons (Fsp3) is 0.333. The van der Waals surface area contributed by atoms with Crippen LogP contribution in [0.15, 0.2) is 23.2 Å². The first kappa shape index (κ1) is 12.2. The van der Waals surface area contributed by atoms with Crippen LogP contribution in [0, 0.1) is 0 Å². The molecule has 0 spiro atoms. The molecular weight excluding hydrogens is 204 g/mol. The minimum Gasteiger partial charge on any atom is -0.478 e. The van der Waals surface area contributed by atoms with Gasteiger partial charge in [0.05, 0.1) is 11.3 Å². The van der Waals surface area contributed by atoms with Gasteiger partial charge in [0, 0.05) is 18.8 Å². The lowest BCUT2D eigenvalue weighted by Crippen LogP contribution is -2.22. The van der Waals surface area contributed by atoms with Gasteiger partial charge in [-0.2, -0.15) is 0 Å². The molecule has 1 aromatic rings. The standard InChI is InChI=1S/C12H16N2O2/c1-4-14(5-2)9-6-7-11(13-3)10(8-9)12(15)16/h6-8H,3-5H2,1-2H3,(H,15,16). The van der Waals surface area contributed by atoms with E-state index >= 15 is 0 Å². The number of benzene rings is 1. The highest BCUT2D eigenvalue weighted by atomic mass is 16.4. The van der Waals surface area contributed by atoms with Gasteiger partial charge in [0.15, 0.2) is 0 Å². The van der Waals surface area contributed by atoms with E-state index in [0.29, 0.717) is 5.69 Å². The lowest BCUT2D eigenvalue weighted by atomic mass is 10.1. The minimum atomic E-state index is -0.976. The SMILES string of the molecule is C=Nc1ccc(N(CC)CC)cc1C(=O)O. The molecule has 0 saturated carbocycles. The van der Waals surface area contributed by atoms with Gasteiger partial charge in [-0.25, -0.2) is 4.79 Å². The average molecular weight is 220 g/mol. The van der Waals surface area contributed by atoms with E-state index in [1.807, 2.05) is 19.9 Å². The summed E-state index contributed by atoms with van der Waals surface area (Å²) in [5.41, 5.74) is 1.50. The van der Waals surface area contributed by atoms with Gasteiger partial charge in [0.2, 0.25) is 0 Å². The van der Waals surface area contributed by atoms with Crippen molar-refractivity contribution in [3.05, 3.63) is 23.8 Å². The zero-order valence-corrected chi connectivity index (χ0v) is 9.60. The van der Waals surface area contributed by atoms with Crippen LogP contribution >= 0.6 is 0 Å². The molecule has 0 amide bonds. The Balaban J connectivity index is 3.20. The van der Waals surface area contributed by atoms with Crippen molar-refractivity contribution in [3.63, 3.8) is 0 Å². The Labute approximate surface area is 95.2 Å². The topological polar surface area (TPSA) is 52.9 Å². The Bertz CT molecular complexity index is 398. The number of carbonyl (C=O) groups is 1. The highest BCUT2D eigenvalue weighted by Crippen LogP contribution is 2.25. The summed E-state index contributed by atoms with van der Waals surface area (Å²) in [6.45, 7) is 9.11. The van der Waals surface area contributed by atoms with Gasteiger partial charge >= 0.3 is 5.97 Å². The number of aromatic carboxylic acids is 1. The molecule has 0 aliphatic carbocycles. The molecule has 0 aliphatic rings. The lowest BCUT2D eigenvalue weighted by molar-refractivity contribution is 0.0698. The van der Waals surface area contributed by atoms with Crippen molar-refractivity contribution in [1.82, 2.24) is 0 Å². The van der Waals surface area contributed by atoms with Gasteiger partial charge in [0.1, 0.15) is 0 Å². The summed E-state index contributed by atoms with van der Waals surface area (Å²) in [5.74, 6) is -0.976. The van der Waals surface area contributed by atoms with Crippen molar-refractivity contribution in [1.29, 1.82) is 0 Å². The Morgan fingerprint density at radius 2 is 2.06 bits per heavy atom. The number of rotatable bonds is 5. The molecule has 4 heteroatoms. The van der Waals surface area contributed by atoms with Gasteiger partial charge in [-0.1, -0.05) is 0 Å². The van der Waals surface area contributed by atoms with Crippen LogP contribution in [-0.2, 0) is 0 Å². The van der Waals surface area contributed by atoms with Crippen LogP contribution in [0.1, 0.15) is 24.2 Å². The maximum absolute atomic E-state index is 11.0. The van der Waals surface area contributed by atoms with Crippen molar-refractivity contribution >= 4 is 24.1 Å². The molecular formula is C12H16N2O2. The van der Waals surface area contributed by atoms with Crippen molar-refractivity contribution in [2.24, 2.45) is 4.99 Å². The van der Waals surface area contributed by atoms with Crippen LogP contribution in [0.25, 0.3) is 0 Å². The zero-order valence-electron chi connectivity index (χ0n) is 9.60. The van der Waals surface area contributed by atoms with Crippen LogP contribution < -0.4 is 4.90 Å². The zero-order chi connectivity index (χ0) is 12.1. The van der Waals surface area contributed by atoms with E-state index in [0.717, 1.165) is 18.8 Å². The van der Waals surface area contributed by atoms with Crippen LogP contribution in [0.5, 0.6) is 0 Å². The van der Waals surface area contributed by atoms with Crippen molar-refractivity contribution < 1.29 is 9.90 Å². The molecule has 1 aromatic carbocycles. The van der Waals surface area contributed by atoms with E-state index < -0.39 is 5.97 Å². The van der Waals surface area contributed by atoms with Crippen molar-refractivity contribution in [3.8, 4) is 0 Å². The first-order valence-corrected chi connectivity index (χ1v) is 5.23. The second-order valence-electron chi connectivity index (χ2n) is 3.34. The molecule has 0 radical (unpaired) electrons. The smallest absolute Gasteiger partial charge is 0.337 e. The van der Waals surface area contributed by atoms with Crippen molar-refractivity contribution in [2.75, 3.05) is 18.0 Å². The third-order valence-corrected chi connectivity index (χ3v) is 2.51. The molecule has 0 saturated heterocycles. The normalized spacial score (nSPS) is 9.88. The molecule has 0 atom stereocenters. The van der Waals surface area contributed by atoms with Gasteiger partial charge < -0.3 is 10.0 Å². The number of anilines is 1. The number of aliphatic imine (C=N–C) groups is 1. The molecule has 4 nitrogen and oxygen atoms in total. The number of carboxylic acid groups (broad SMARTS) is 1. The second-order valence-corrected chi connectivity index (χ2v) is 3.34. The van der Waals surface area contributed by atoms with Gasteiger partial charge in [-0.05, 0) is 38.8 Å². The van der Waals surface area contributed by atoms with Gasteiger partial charge in [0.25, 0.3) is 0 Å². The number of hydrogen-bond donors (Lipinski definition) is 1. The molecule has 86 valence electrons. The summed E-state index contributed by atoms with van der Waals surface area (Å²) in [6.07, 6.45) is 0. The summed E-state index contributed by atoms with van der Waals surface area (Å²) in [5, 5.41) is 9.04. The summed E-state index contributed by atoms with van der Waals surface area (Å²) < 4.78 is 0. The third kappa shape index (κ3) is 2.39. The van der Waals surface area contributed by atoms with E-state index in [-0.39, 0.29) is 5.56 Å². The van der Waals surface area contributed by atoms with E-state index in [1.54, 1.807) is 12.1 Å². The van der Waals surface area contributed by atoms with E-state index in [2.05, 4.69) is 16.6 Å². The molecule has 1 N–H and O–H groups in total. The summed E-state index contributed by atoms with van der Waals surface area (Å²) >= 11 is 0. The monoisotopic (exact) mass is 220 g/mol. The average Bonchev–Trinajstić information content (AvgIpc) is 2.30. The summed E-state index contributed by atoms with van der Waals surface area (Å²) in [7, 11) is 0. The predicted molar refractivity (Wildman–Crippen MR) is 66.2 cm³/mol. The third-order valence-electron chi connectivity index (χ3n) is 2.51. The number of carboxylic acids is 1. The molecule has 16 heavy (non-hydrogen) atoms. The van der Waals surface area contributed by atoms with Crippen LogP contribution in [-0.4, -0.2) is 30.9 Å². The Morgan fingerprint density at radius 3 is 2.50 bits per heavy atom. The lowest BCUT2D eigenvalue weighted by Gasteiger charge is -2.21. The first-order valence-electron chi connectivity index (χ1n) is 5.23. The van der Waals surface area contributed by atoms with Crippen LogP contribution in [0.2, 0.25) is 0 Å². The Hall–Kier alpha value is -1.84. The fourth-order valence-electron chi connectivity index (χ4n) is 1.62. The molecule has 0 unspecified atom stereocenters. The molecule has 0 heterocycles. The molecule has 0 bridgehead atoms. The molecule has 0 fully saturated rings. The van der Waals surface area contributed by atoms with E-state index in [1.165, 1.54) is 0 Å². The largest absolute Gasteiger partial charge is 0.478 e. The summed E-state index contributed by atoms with van der Waals surface area (Å²) in [6, 6.07) is 5.19. The van der Waals surface area contributed by atoms with E-state index in [4.69, 9.17) is 5.11 Å². The highest BCUT2D eigenvalue weighted by molar-refractivity contribution is 5.95. The predicted octanol–water partition coefficient (Wildman–Crippen LogP) is 2.56. The second kappa shape index (κ2) is 5.30. The van der Waals surface area contributed by atoms with E-state index in [9.17, 15) is 4.79 Å². The fourth-order valence-corrected chi connectivity index (χ4v) is 1.62. The molecule has 0 aromatic heterocycles. The molecule has 1 rings (SSSR count).